The Morgan fingerprint density at radius 1 is 1.41 bits per heavy atom. The van der Waals surface area contributed by atoms with Gasteiger partial charge in [-0.1, -0.05) is 6.07 Å². The van der Waals surface area contributed by atoms with Gasteiger partial charge in [-0.2, -0.15) is 5.26 Å². The van der Waals surface area contributed by atoms with E-state index in [1.165, 1.54) is 0 Å². The summed E-state index contributed by atoms with van der Waals surface area (Å²) in [4.78, 5) is 17.3. The standard InChI is InChI=1S/C17H19N3O2/c1-17(2,3)22-16(21)20-7-6-14-13(10-20)12-5-4-11(9-18)8-15(12)19-14/h4-5,8,19H,6-7,10H2,1-3H3. The lowest BCUT2D eigenvalue weighted by molar-refractivity contribution is 0.0224. The highest BCUT2D eigenvalue weighted by Crippen LogP contribution is 2.29. The van der Waals surface area contributed by atoms with E-state index < -0.39 is 5.60 Å². The van der Waals surface area contributed by atoms with Gasteiger partial charge < -0.3 is 14.6 Å². The molecule has 0 bridgehead atoms. The lowest BCUT2D eigenvalue weighted by atomic mass is 10.0. The van der Waals surface area contributed by atoms with E-state index in [2.05, 4.69) is 11.1 Å². The smallest absolute Gasteiger partial charge is 0.410 e. The van der Waals surface area contributed by atoms with Gasteiger partial charge in [0.1, 0.15) is 5.60 Å². The van der Waals surface area contributed by atoms with Crippen LogP contribution in [0.15, 0.2) is 18.2 Å². The van der Waals surface area contributed by atoms with Crippen LogP contribution in [-0.4, -0.2) is 28.1 Å². The van der Waals surface area contributed by atoms with Gasteiger partial charge in [-0.25, -0.2) is 4.79 Å². The molecule has 0 radical (unpaired) electrons. The molecule has 1 aliphatic rings. The fraction of sp³-hybridized carbons (Fsp3) is 0.412. The summed E-state index contributed by atoms with van der Waals surface area (Å²) in [5.74, 6) is 0. The molecule has 3 rings (SSSR count). The highest BCUT2D eigenvalue weighted by atomic mass is 16.6. The Morgan fingerprint density at radius 2 is 2.18 bits per heavy atom. The first-order valence-corrected chi connectivity index (χ1v) is 7.39. The molecule has 0 fully saturated rings. The monoisotopic (exact) mass is 297 g/mol. The minimum atomic E-state index is -0.487. The maximum absolute atomic E-state index is 12.2. The SMILES string of the molecule is CC(C)(C)OC(=O)N1CCc2[nH]c3cc(C#N)ccc3c2C1. The van der Waals surface area contributed by atoms with Gasteiger partial charge in [0.05, 0.1) is 18.2 Å². The third kappa shape index (κ3) is 2.64. The molecule has 2 heterocycles. The summed E-state index contributed by atoms with van der Waals surface area (Å²) < 4.78 is 5.45. The average molecular weight is 297 g/mol. The predicted octanol–water partition coefficient (Wildman–Crippen LogP) is 3.33. The number of carbonyl (C=O) groups excluding carboxylic acids is 1. The summed E-state index contributed by atoms with van der Waals surface area (Å²) in [5.41, 5.74) is 3.37. The molecule has 1 aromatic heterocycles. The topological polar surface area (TPSA) is 69.1 Å². The number of nitriles is 1. The first kappa shape index (κ1) is 14.5. The third-order valence-electron chi connectivity index (χ3n) is 3.76. The van der Waals surface area contributed by atoms with Crippen LogP contribution in [0.1, 0.15) is 37.6 Å². The van der Waals surface area contributed by atoms with Crippen LogP contribution in [0.25, 0.3) is 10.9 Å². The number of hydrogen-bond acceptors (Lipinski definition) is 3. The van der Waals surface area contributed by atoms with Crippen LogP contribution < -0.4 is 0 Å². The second-order valence-corrected chi connectivity index (χ2v) is 6.61. The van der Waals surface area contributed by atoms with E-state index in [0.29, 0.717) is 18.7 Å². The van der Waals surface area contributed by atoms with Crippen molar-refractivity contribution in [1.29, 1.82) is 5.26 Å². The number of nitrogens with one attached hydrogen (secondary N) is 1. The number of fused-ring (bicyclic) bond motifs is 3. The highest BCUT2D eigenvalue weighted by molar-refractivity contribution is 5.86. The van der Waals surface area contributed by atoms with Crippen LogP contribution >= 0.6 is 0 Å². The number of benzene rings is 1. The zero-order valence-corrected chi connectivity index (χ0v) is 13.1. The molecule has 0 spiro atoms. The average Bonchev–Trinajstić information content (AvgIpc) is 2.81. The van der Waals surface area contributed by atoms with Crippen molar-refractivity contribution >= 4 is 17.0 Å². The molecule has 0 atom stereocenters. The zero-order valence-electron chi connectivity index (χ0n) is 13.1. The summed E-state index contributed by atoms with van der Waals surface area (Å²) in [6, 6.07) is 7.75. The van der Waals surface area contributed by atoms with E-state index in [4.69, 9.17) is 10.00 Å². The lowest BCUT2D eigenvalue weighted by Crippen LogP contribution is -2.39. The molecule has 22 heavy (non-hydrogen) atoms. The molecule has 1 aromatic carbocycles. The number of hydrogen-bond donors (Lipinski definition) is 1. The molecule has 0 saturated carbocycles. The third-order valence-corrected chi connectivity index (χ3v) is 3.76. The second kappa shape index (κ2) is 5.06. The summed E-state index contributed by atoms with van der Waals surface area (Å²) in [5, 5.41) is 10.1. The number of rotatable bonds is 0. The van der Waals surface area contributed by atoms with E-state index in [1.807, 2.05) is 39.0 Å². The van der Waals surface area contributed by atoms with Crippen LogP contribution in [0.3, 0.4) is 0 Å². The maximum Gasteiger partial charge on any atom is 0.410 e. The molecule has 1 N–H and O–H groups in total. The maximum atomic E-state index is 12.2. The fourth-order valence-corrected chi connectivity index (χ4v) is 2.77. The first-order valence-electron chi connectivity index (χ1n) is 7.39. The largest absolute Gasteiger partial charge is 0.444 e. The van der Waals surface area contributed by atoms with Crippen LogP contribution in [0.2, 0.25) is 0 Å². The van der Waals surface area contributed by atoms with Crippen molar-refractivity contribution in [1.82, 2.24) is 9.88 Å². The van der Waals surface area contributed by atoms with E-state index >= 15 is 0 Å². The highest BCUT2D eigenvalue weighted by Gasteiger charge is 2.27. The van der Waals surface area contributed by atoms with Crippen molar-refractivity contribution in [2.45, 2.75) is 39.3 Å². The van der Waals surface area contributed by atoms with Crippen molar-refractivity contribution in [3.8, 4) is 6.07 Å². The molecule has 5 nitrogen and oxygen atoms in total. The minimum absolute atomic E-state index is 0.277. The van der Waals surface area contributed by atoms with Gasteiger partial charge in [0.25, 0.3) is 0 Å². The van der Waals surface area contributed by atoms with Crippen LogP contribution in [0, 0.1) is 11.3 Å². The number of aromatic nitrogens is 1. The summed E-state index contributed by atoms with van der Waals surface area (Å²) in [6.45, 7) is 6.79. The molecule has 114 valence electrons. The lowest BCUT2D eigenvalue weighted by Gasteiger charge is -2.30. The number of H-pyrrole nitrogens is 1. The van der Waals surface area contributed by atoms with Gasteiger partial charge in [-0.15, -0.1) is 0 Å². The number of aromatic amines is 1. The Morgan fingerprint density at radius 3 is 2.86 bits per heavy atom. The van der Waals surface area contributed by atoms with Crippen molar-refractivity contribution in [2.75, 3.05) is 6.54 Å². The Bertz CT molecular complexity index is 778. The molecular formula is C17H19N3O2. The minimum Gasteiger partial charge on any atom is -0.444 e. The van der Waals surface area contributed by atoms with E-state index in [0.717, 1.165) is 28.6 Å². The van der Waals surface area contributed by atoms with Crippen LogP contribution in [0.4, 0.5) is 4.79 Å². The molecule has 5 heteroatoms. The molecule has 2 aromatic rings. The Balaban J connectivity index is 1.89. The Hall–Kier alpha value is -2.48. The molecular weight excluding hydrogens is 278 g/mol. The van der Waals surface area contributed by atoms with Crippen molar-refractivity contribution in [3.05, 3.63) is 35.0 Å². The molecule has 0 unspecified atom stereocenters. The van der Waals surface area contributed by atoms with E-state index in [9.17, 15) is 4.79 Å². The zero-order chi connectivity index (χ0) is 15.9. The van der Waals surface area contributed by atoms with Gasteiger partial charge in [0.15, 0.2) is 0 Å². The van der Waals surface area contributed by atoms with Gasteiger partial charge in [0, 0.05) is 35.1 Å². The van der Waals surface area contributed by atoms with Gasteiger partial charge in [0.2, 0.25) is 0 Å². The number of carbonyl (C=O) groups is 1. The Kier molecular flexibility index (Phi) is 3.32. The first-order chi connectivity index (χ1) is 10.4. The molecule has 1 amide bonds. The molecule has 1 aliphatic heterocycles. The molecule has 0 aliphatic carbocycles. The number of ether oxygens (including phenoxy) is 1. The predicted molar refractivity (Wildman–Crippen MR) is 83.4 cm³/mol. The van der Waals surface area contributed by atoms with Gasteiger partial charge in [-0.05, 0) is 32.9 Å². The summed E-state index contributed by atoms with van der Waals surface area (Å²) in [7, 11) is 0. The van der Waals surface area contributed by atoms with Crippen LogP contribution in [-0.2, 0) is 17.7 Å². The van der Waals surface area contributed by atoms with Gasteiger partial charge in [-0.3, -0.25) is 0 Å². The number of amides is 1. The van der Waals surface area contributed by atoms with E-state index in [1.54, 1.807) is 4.90 Å². The van der Waals surface area contributed by atoms with Gasteiger partial charge >= 0.3 is 6.09 Å². The van der Waals surface area contributed by atoms with Crippen molar-refractivity contribution in [2.24, 2.45) is 0 Å². The fourth-order valence-electron chi connectivity index (χ4n) is 2.77. The van der Waals surface area contributed by atoms with E-state index in [-0.39, 0.29) is 6.09 Å². The summed E-state index contributed by atoms with van der Waals surface area (Å²) in [6.07, 6.45) is 0.492. The quantitative estimate of drug-likeness (QED) is 0.811. The number of nitrogens with zero attached hydrogens (tertiary/aromatic N) is 2. The van der Waals surface area contributed by atoms with Crippen LogP contribution in [0.5, 0.6) is 0 Å². The van der Waals surface area contributed by atoms with Crippen molar-refractivity contribution < 1.29 is 9.53 Å². The van der Waals surface area contributed by atoms with Crippen molar-refractivity contribution in [3.63, 3.8) is 0 Å². The Labute approximate surface area is 129 Å². The summed E-state index contributed by atoms with van der Waals surface area (Å²) >= 11 is 0. The normalized spacial score (nSPS) is 14.5. The second-order valence-electron chi connectivity index (χ2n) is 6.61. The molecule has 0 saturated heterocycles.